The molecule has 1 saturated carbocycles. The Morgan fingerprint density at radius 3 is 2.53 bits per heavy atom. The van der Waals surface area contributed by atoms with E-state index in [-0.39, 0.29) is 12.0 Å². The van der Waals surface area contributed by atoms with E-state index in [1.54, 1.807) is 0 Å². The number of ether oxygens (including phenoxy) is 1. The molecule has 1 heterocycles. The molecular weight excluding hydrogens is 216 g/mol. The Labute approximate surface area is 103 Å². The Balaban J connectivity index is 1.96. The molecule has 0 bridgehead atoms. The first kappa shape index (κ1) is 12.8. The molecule has 2 aliphatic rings. The van der Waals surface area contributed by atoms with E-state index >= 15 is 0 Å². The van der Waals surface area contributed by atoms with E-state index in [1.165, 1.54) is 19.3 Å². The SMILES string of the molecule is NCCN(C(=O)C1CCCO1)C1CCCCC1. The van der Waals surface area contributed by atoms with Crippen LogP contribution in [-0.2, 0) is 9.53 Å². The van der Waals surface area contributed by atoms with E-state index in [1.807, 2.05) is 4.90 Å². The van der Waals surface area contributed by atoms with E-state index in [0.717, 1.165) is 32.3 Å². The van der Waals surface area contributed by atoms with E-state index in [2.05, 4.69) is 0 Å². The molecule has 1 amide bonds. The summed E-state index contributed by atoms with van der Waals surface area (Å²) in [6.45, 7) is 1.97. The van der Waals surface area contributed by atoms with Crippen molar-refractivity contribution in [3.63, 3.8) is 0 Å². The fourth-order valence-corrected chi connectivity index (χ4v) is 2.96. The molecule has 2 N–H and O–H groups in total. The smallest absolute Gasteiger partial charge is 0.251 e. The van der Waals surface area contributed by atoms with Crippen LogP contribution in [-0.4, -0.2) is 42.6 Å². The van der Waals surface area contributed by atoms with Gasteiger partial charge in [0.2, 0.25) is 0 Å². The maximum Gasteiger partial charge on any atom is 0.251 e. The Morgan fingerprint density at radius 1 is 1.18 bits per heavy atom. The van der Waals surface area contributed by atoms with Crippen molar-refractivity contribution < 1.29 is 9.53 Å². The minimum atomic E-state index is -0.191. The van der Waals surface area contributed by atoms with Gasteiger partial charge in [-0.2, -0.15) is 0 Å². The first-order valence-electron chi connectivity index (χ1n) is 6.95. The topological polar surface area (TPSA) is 55.6 Å². The summed E-state index contributed by atoms with van der Waals surface area (Å²) in [5, 5.41) is 0. The Kier molecular flexibility index (Phi) is 4.80. The minimum Gasteiger partial charge on any atom is -0.368 e. The van der Waals surface area contributed by atoms with Crippen molar-refractivity contribution in [3.05, 3.63) is 0 Å². The summed E-state index contributed by atoms with van der Waals surface area (Å²) in [7, 11) is 0. The number of nitrogens with zero attached hydrogens (tertiary/aromatic N) is 1. The number of carbonyl (C=O) groups is 1. The van der Waals surface area contributed by atoms with Crippen molar-refractivity contribution in [3.8, 4) is 0 Å². The lowest BCUT2D eigenvalue weighted by atomic mass is 9.93. The molecule has 1 aliphatic heterocycles. The van der Waals surface area contributed by atoms with Gasteiger partial charge in [-0.05, 0) is 25.7 Å². The minimum absolute atomic E-state index is 0.180. The van der Waals surface area contributed by atoms with Gasteiger partial charge in [0.05, 0.1) is 0 Å². The molecule has 4 heteroatoms. The number of rotatable bonds is 4. The fraction of sp³-hybridized carbons (Fsp3) is 0.923. The lowest BCUT2D eigenvalue weighted by Gasteiger charge is -2.35. The highest BCUT2D eigenvalue weighted by Crippen LogP contribution is 2.24. The summed E-state index contributed by atoms with van der Waals surface area (Å²) in [5.74, 6) is 0.180. The van der Waals surface area contributed by atoms with Crippen molar-refractivity contribution in [2.45, 2.75) is 57.1 Å². The number of carbonyl (C=O) groups excluding carboxylic acids is 1. The summed E-state index contributed by atoms with van der Waals surface area (Å²) < 4.78 is 5.50. The molecule has 0 aromatic heterocycles. The van der Waals surface area contributed by atoms with Crippen LogP contribution in [0.25, 0.3) is 0 Å². The highest BCUT2D eigenvalue weighted by molar-refractivity contribution is 5.81. The van der Waals surface area contributed by atoms with Gasteiger partial charge in [0, 0.05) is 25.7 Å². The quantitative estimate of drug-likeness (QED) is 0.805. The molecule has 0 spiro atoms. The molecular formula is C13H24N2O2. The molecule has 17 heavy (non-hydrogen) atoms. The second-order valence-corrected chi connectivity index (χ2v) is 5.11. The van der Waals surface area contributed by atoms with Crippen LogP contribution in [0.3, 0.4) is 0 Å². The largest absolute Gasteiger partial charge is 0.368 e. The van der Waals surface area contributed by atoms with Crippen LogP contribution in [0.2, 0.25) is 0 Å². The summed E-state index contributed by atoms with van der Waals surface area (Å²) in [5.41, 5.74) is 5.64. The number of amides is 1. The third-order valence-corrected chi connectivity index (χ3v) is 3.87. The zero-order valence-electron chi connectivity index (χ0n) is 10.6. The van der Waals surface area contributed by atoms with Crippen LogP contribution in [0.15, 0.2) is 0 Å². The maximum atomic E-state index is 12.4. The van der Waals surface area contributed by atoms with E-state index in [4.69, 9.17) is 10.5 Å². The number of hydrogen-bond acceptors (Lipinski definition) is 3. The van der Waals surface area contributed by atoms with Crippen molar-refractivity contribution in [2.75, 3.05) is 19.7 Å². The van der Waals surface area contributed by atoms with Gasteiger partial charge in [-0.15, -0.1) is 0 Å². The third-order valence-electron chi connectivity index (χ3n) is 3.87. The van der Waals surface area contributed by atoms with Crippen molar-refractivity contribution in [1.82, 2.24) is 4.90 Å². The molecule has 1 atom stereocenters. The second-order valence-electron chi connectivity index (χ2n) is 5.11. The Morgan fingerprint density at radius 2 is 1.94 bits per heavy atom. The van der Waals surface area contributed by atoms with Crippen molar-refractivity contribution in [2.24, 2.45) is 5.73 Å². The fourth-order valence-electron chi connectivity index (χ4n) is 2.96. The average molecular weight is 240 g/mol. The monoisotopic (exact) mass is 240 g/mol. The maximum absolute atomic E-state index is 12.4. The highest BCUT2D eigenvalue weighted by Gasteiger charge is 2.32. The Hall–Kier alpha value is -0.610. The van der Waals surface area contributed by atoms with Gasteiger partial charge in [-0.25, -0.2) is 0 Å². The first-order chi connectivity index (χ1) is 8.33. The second kappa shape index (κ2) is 6.36. The summed E-state index contributed by atoms with van der Waals surface area (Å²) in [4.78, 5) is 14.4. The van der Waals surface area contributed by atoms with Crippen LogP contribution in [0.4, 0.5) is 0 Å². The Bertz CT molecular complexity index is 246. The van der Waals surface area contributed by atoms with Gasteiger partial charge in [-0.1, -0.05) is 19.3 Å². The van der Waals surface area contributed by atoms with Gasteiger partial charge in [0.25, 0.3) is 5.91 Å². The van der Waals surface area contributed by atoms with Crippen LogP contribution in [0.5, 0.6) is 0 Å². The lowest BCUT2D eigenvalue weighted by molar-refractivity contribution is -0.143. The molecule has 0 radical (unpaired) electrons. The van der Waals surface area contributed by atoms with Crippen LogP contribution < -0.4 is 5.73 Å². The molecule has 0 aromatic rings. The summed E-state index contributed by atoms with van der Waals surface area (Å²) in [6.07, 6.45) is 7.76. The van der Waals surface area contributed by atoms with Gasteiger partial charge >= 0.3 is 0 Å². The third kappa shape index (κ3) is 3.19. The van der Waals surface area contributed by atoms with Crippen LogP contribution in [0, 0.1) is 0 Å². The molecule has 2 rings (SSSR count). The van der Waals surface area contributed by atoms with Crippen LogP contribution in [0.1, 0.15) is 44.9 Å². The molecule has 1 saturated heterocycles. The summed E-state index contributed by atoms with van der Waals surface area (Å²) >= 11 is 0. The average Bonchev–Trinajstić information content (AvgIpc) is 2.90. The van der Waals surface area contributed by atoms with Gasteiger partial charge in [-0.3, -0.25) is 4.79 Å². The van der Waals surface area contributed by atoms with Crippen molar-refractivity contribution in [1.29, 1.82) is 0 Å². The van der Waals surface area contributed by atoms with Gasteiger partial charge < -0.3 is 15.4 Å². The standard InChI is InChI=1S/C13H24N2O2/c14-8-9-15(11-5-2-1-3-6-11)13(16)12-7-4-10-17-12/h11-12H,1-10,14H2. The zero-order chi connectivity index (χ0) is 12.1. The number of nitrogens with two attached hydrogens (primary N) is 1. The van der Waals surface area contributed by atoms with Crippen molar-refractivity contribution >= 4 is 5.91 Å². The zero-order valence-corrected chi connectivity index (χ0v) is 10.6. The lowest BCUT2D eigenvalue weighted by Crippen LogP contribution is -2.48. The van der Waals surface area contributed by atoms with Gasteiger partial charge in [0.1, 0.15) is 6.10 Å². The predicted molar refractivity (Wildman–Crippen MR) is 66.6 cm³/mol. The number of hydrogen-bond donors (Lipinski definition) is 1. The van der Waals surface area contributed by atoms with Crippen LogP contribution >= 0.6 is 0 Å². The summed E-state index contributed by atoms with van der Waals surface area (Å²) in [6, 6.07) is 0.406. The molecule has 98 valence electrons. The molecule has 0 aromatic carbocycles. The highest BCUT2D eigenvalue weighted by atomic mass is 16.5. The molecule has 1 unspecified atom stereocenters. The predicted octanol–water partition coefficient (Wildman–Crippen LogP) is 1.29. The molecule has 4 nitrogen and oxygen atoms in total. The van der Waals surface area contributed by atoms with Gasteiger partial charge in [0.15, 0.2) is 0 Å². The van der Waals surface area contributed by atoms with E-state index in [9.17, 15) is 4.79 Å². The molecule has 2 fully saturated rings. The van der Waals surface area contributed by atoms with E-state index in [0.29, 0.717) is 19.1 Å². The first-order valence-corrected chi connectivity index (χ1v) is 6.95. The normalized spacial score (nSPS) is 26.1. The van der Waals surface area contributed by atoms with E-state index < -0.39 is 0 Å². The molecule has 1 aliphatic carbocycles.